The van der Waals surface area contributed by atoms with Crippen LogP contribution in [0.15, 0.2) is 72.9 Å². The monoisotopic (exact) mass is 475 g/mol. The molecule has 0 spiro atoms. The summed E-state index contributed by atoms with van der Waals surface area (Å²) in [6.45, 7) is 4.30. The third kappa shape index (κ3) is 4.43. The van der Waals surface area contributed by atoms with Crippen LogP contribution in [0, 0.1) is 0 Å². The average molecular weight is 476 g/mol. The number of benzene rings is 2. The highest BCUT2D eigenvalue weighted by molar-refractivity contribution is 5.63. The van der Waals surface area contributed by atoms with Crippen molar-refractivity contribution in [1.29, 1.82) is 0 Å². The summed E-state index contributed by atoms with van der Waals surface area (Å²) in [5.41, 5.74) is 4.68. The van der Waals surface area contributed by atoms with Gasteiger partial charge in [0.25, 0.3) is 0 Å². The predicted octanol–water partition coefficient (Wildman–Crippen LogP) is 6.53. The maximum Gasteiger partial charge on any atom is 0.434 e. The number of aromatic nitrogens is 5. The van der Waals surface area contributed by atoms with Crippen molar-refractivity contribution in [2.24, 2.45) is 7.05 Å². The molecule has 178 valence electrons. The van der Waals surface area contributed by atoms with Gasteiger partial charge in [-0.2, -0.15) is 13.2 Å². The second kappa shape index (κ2) is 8.69. The van der Waals surface area contributed by atoms with E-state index in [-0.39, 0.29) is 5.82 Å². The molecule has 3 aromatic heterocycles. The lowest BCUT2D eigenvalue weighted by Crippen LogP contribution is -2.04. The SMILES string of the molecule is CC(C)c1ccccc1-c1nc2cccc(Cc3ccc(-c4nc(C(F)(F)F)cn4C)cc3)n2n1. The van der Waals surface area contributed by atoms with Crippen LogP contribution < -0.4 is 0 Å². The fourth-order valence-electron chi connectivity index (χ4n) is 4.26. The molecule has 2 aromatic carbocycles. The molecule has 0 fully saturated rings. The quantitative estimate of drug-likeness (QED) is 0.290. The van der Waals surface area contributed by atoms with Crippen LogP contribution in [0.1, 0.15) is 42.3 Å². The van der Waals surface area contributed by atoms with Crippen LogP contribution in [0.3, 0.4) is 0 Å². The van der Waals surface area contributed by atoms with E-state index in [9.17, 15) is 13.2 Å². The lowest BCUT2D eigenvalue weighted by molar-refractivity contribution is -0.140. The van der Waals surface area contributed by atoms with Gasteiger partial charge in [0.1, 0.15) is 5.82 Å². The minimum atomic E-state index is -4.47. The van der Waals surface area contributed by atoms with Gasteiger partial charge < -0.3 is 4.57 Å². The first-order valence-electron chi connectivity index (χ1n) is 11.3. The smallest absolute Gasteiger partial charge is 0.333 e. The fraction of sp³-hybridized carbons (Fsp3) is 0.222. The van der Waals surface area contributed by atoms with Gasteiger partial charge in [0.05, 0.1) is 0 Å². The van der Waals surface area contributed by atoms with E-state index in [4.69, 9.17) is 10.1 Å². The second-order valence-corrected chi connectivity index (χ2v) is 8.90. The van der Waals surface area contributed by atoms with Crippen molar-refractivity contribution in [1.82, 2.24) is 24.1 Å². The molecule has 0 bridgehead atoms. The standard InChI is InChI=1S/C27H24F3N5/c1-17(2)21-8-4-5-9-22(21)25-32-24-10-6-7-20(35(24)33-25)15-18-11-13-19(14-12-18)26-31-23(16-34(26)3)27(28,29)30/h4-14,16-17H,15H2,1-3H3. The second-order valence-electron chi connectivity index (χ2n) is 8.90. The third-order valence-electron chi connectivity index (χ3n) is 6.03. The summed E-state index contributed by atoms with van der Waals surface area (Å²) in [4.78, 5) is 8.54. The van der Waals surface area contributed by atoms with Gasteiger partial charge in [-0.3, -0.25) is 0 Å². The van der Waals surface area contributed by atoms with Crippen LogP contribution in [0.5, 0.6) is 0 Å². The van der Waals surface area contributed by atoms with Crippen molar-refractivity contribution >= 4 is 5.65 Å². The Labute approximate surface area is 200 Å². The fourth-order valence-corrected chi connectivity index (χ4v) is 4.26. The molecular formula is C27H24F3N5. The van der Waals surface area contributed by atoms with E-state index >= 15 is 0 Å². The van der Waals surface area contributed by atoms with Crippen LogP contribution in [-0.4, -0.2) is 24.1 Å². The zero-order valence-electron chi connectivity index (χ0n) is 19.6. The highest BCUT2D eigenvalue weighted by atomic mass is 19.4. The van der Waals surface area contributed by atoms with Gasteiger partial charge >= 0.3 is 6.18 Å². The van der Waals surface area contributed by atoms with E-state index in [1.165, 1.54) is 10.1 Å². The molecule has 5 rings (SSSR count). The number of hydrogen-bond donors (Lipinski definition) is 0. The lowest BCUT2D eigenvalue weighted by Gasteiger charge is -2.09. The Bertz CT molecular complexity index is 1490. The Morgan fingerprint density at radius 2 is 1.63 bits per heavy atom. The van der Waals surface area contributed by atoms with Crippen LogP contribution in [0.25, 0.3) is 28.4 Å². The number of imidazole rings is 1. The Morgan fingerprint density at radius 1 is 0.886 bits per heavy atom. The number of alkyl halides is 3. The highest BCUT2D eigenvalue weighted by Crippen LogP contribution is 2.31. The summed E-state index contributed by atoms with van der Waals surface area (Å²) in [6, 6.07) is 21.5. The van der Waals surface area contributed by atoms with E-state index in [0.29, 0.717) is 23.7 Å². The van der Waals surface area contributed by atoms with Gasteiger partial charge in [-0.1, -0.05) is 68.4 Å². The van der Waals surface area contributed by atoms with E-state index in [2.05, 4.69) is 24.9 Å². The molecule has 5 nitrogen and oxygen atoms in total. The first kappa shape index (κ1) is 22.8. The van der Waals surface area contributed by atoms with E-state index in [1.807, 2.05) is 53.0 Å². The summed E-state index contributed by atoms with van der Waals surface area (Å²) < 4.78 is 42.3. The van der Waals surface area contributed by atoms with Crippen molar-refractivity contribution < 1.29 is 13.2 Å². The molecular weight excluding hydrogens is 451 g/mol. The van der Waals surface area contributed by atoms with Crippen molar-refractivity contribution in [2.45, 2.75) is 32.4 Å². The van der Waals surface area contributed by atoms with E-state index in [0.717, 1.165) is 28.7 Å². The Balaban J connectivity index is 1.44. The van der Waals surface area contributed by atoms with Crippen LogP contribution in [0.4, 0.5) is 13.2 Å². The van der Waals surface area contributed by atoms with Gasteiger partial charge in [-0.05, 0) is 29.2 Å². The Morgan fingerprint density at radius 3 is 2.31 bits per heavy atom. The molecule has 0 amide bonds. The van der Waals surface area contributed by atoms with Crippen molar-refractivity contribution in [2.75, 3.05) is 0 Å². The largest absolute Gasteiger partial charge is 0.434 e. The summed E-state index contributed by atoms with van der Waals surface area (Å²) in [6.07, 6.45) is -2.87. The van der Waals surface area contributed by atoms with Crippen molar-refractivity contribution in [3.8, 4) is 22.8 Å². The topological polar surface area (TPSA) is 48.0 Å². The van der Waals surface area contributed by atoms with Gasteiger partial charge in [0, 0.05) is 36.5 Å². The third-order valence-corrected chi connectivity index (χ3v) is 6.03. The Hall–Kier alpha value is -3.94. The molecule has 0 unspecified atom stereocenters. The number of pyridine rings is 1. The van der Waals surface area contributed by atoms with Gasteiger partial charge in [0.15, 0.2) is 17.2 Å². The molecule has 35 heavy (non-hydrogen) atoms. The molecule has 0 atom stereocenters. The highest BCUT2D eigenvalue weighted by Gasteiger charge is 2.34. The van der Waals surface area contributed by atoms with Crippen LogP contribution >= 0.6 is 0 Å². The number of hydrogen-bond acceptors (Lipinski definition) is 3. The summed E-state index contributed by atoms with van der Waals surface area (Å²) in [5.74, 6) is 1.31. The van der Waals surface area contributed by atoms with Crippen molar-refractivity contribution in [3.05, 3.63) is 95.4 Å². The number of fused-ring (bicyclic) bond motifs is 1. The van der Waals surface area contributed by atoms with E-state index < -0.39 is 11.9 Å². The Kier molecular flexibility index (Phi) is 5.67. The number of rotatable bonds is 5. The molecule has 0 saturated carbocycles. The summed E-state index contributed by atoms with van der Waals surface area (Å²) in [5, 5.41) is 4.81. The normalized spacial score (nSPS) is 12.1. The molecule has 0 radical (unpaired) electrons. The van der Waals surface area contributed by atoms with Gasteiger partial charge in [-0.25, -0.2) is 14.5 Å². The maximum atomic E-state index is 13.0. The first-order chi connectivity index (χ1) is 16.7. The maximum absolute atomic E-state index is 13.0. The predicted molar refractivity (Wildman–Crippen MR) is 129 cm³/mol. The molecule has 0 aliphatic carbocycles. The summed E-state index contributed by atoms with van der Waals surface area (Å²) >= 11 is 0. The van der Waals surface area contributed by atoms with Crippen LogP contribution in [-0.2, 0) is 19.6 Å². The molecule has 5 aromatic rings. The van der Waals surface area contributed by atoms with Gasteiger partial charge in [0.2, 0.25) is 0 Å². The average Bonchev–Trinajstić information content (AvgIpc) is 3.44. The molecule has 8 heteroatoms. The van der Waals surface area contributed by atoms with E-state index in [1.54, 1.807) is 19.2 Å². The van der Waals surface area contributed by atoms with Gasteiger partial charge in [-0.15, -0.1) is 5.10 Å². The zero-order valence-corrected chi connectivity index (χ0v) is 19.6. The molecule has 0 saturated heterocycles. The lowest BCUT2D eigenvalue weighted by atomic mass is 9.97. The minimum absolute atomic E-state index is 0.274. The number of aryl methyl sites for hydroxylation is 1. The summed E-state index contributed by atoms with van der Waals surface area (Å²) in [7, 11) is 1.56. The molecule has 0 aliphatic rings. The number of nitrogens with zero attached hydrogens (tertiary/aromatic N) is 5. The zero-order chi connectivity index (χ0) is 24.7. The molecule has 0 N–H and O–H groups in total. The first-order valence-corrected chi connectivity index (χ1v) is 11.3. The van der Waals surface area contributed by atoms with Crippen molar-refractivity contribution in [3.63, 3.8) is 0 Å². The number of halogens is 3. The molecule has 3 heterocycles. The molecule has 0 aliphatic heterocycles. The minimum Gasteiger partial charge on any atom is -0.333 e. The van der Waals surface area contributed by atoms with Crippen LogP contribution in [0.2, 0.25) is 0 Å².